The van der Waals surface area contributed by atoms with Crippen LogP contribution in [0.3, 0.4) is 0 Å². The van der Waals surface area contributed by atoms with E-state index in [0.29, 0.717) is 0 Å². The number of halogens is 3. The van der Waals surface area contributed by atoms with Crippen molar-refractivity contribution in [2.24, 2.45) is 0 Å². The van der Waals surface area contributed by atoms with Gasteiger partial charge in [0.15, 0.2) is 0 Å². The molecule has 0 amide bonds. The Morgan fingerprint density at radius 1 is 1.29 bits per heavy atom. The summed E-state index contributed by atoms with van der Waals surface area (Å²) in [4.78, 5) is 0. The fraction of sp³-hybridized carbons (Fsp3) is 0.500. The first-order chi connectivity index (χ1) is 3.35. The highest BCUT2D eigenvalue weighted by molar-refractivity contribution is 4.96. The number of hydrogen-bond donors (Lipinski definition) is 0. The van der Waals surface area contributed by atoms with Gasteiger partial charge >= 0.3 is 0 Å². The van der Waals surface area contributed by atoms with E-state index in [0.717, 1.165) is 0 Å². The molecule has 0 nitrogen and oxygen atoms in total. The SMILES string of the molecule is FC=C(CF)CF. The Labute approximate surface area is 39.6 Å². The third kappa shape index (κ3) is 2.25. The van der Waals surface area contributed by atoms with E-state index in [2.05, 4.69) is 0 Å². The van der Waals surface area contributed by atoms with Crippen LogP contribution >= 0.6 is 0 Å². The molecule has 0 aliphatic rings. The summed E-state index contributed by atoms with van der Waals surface area (Å²) in [6, 6.07) is 0. The van der Waals surface area contributed by atoms with Crippen molar-refractivity contribution < 1.29 is 13.2 Å². The molecule has 0 saturated heterocycles. The quantitative estimate of drug-likeness (QED) is 0.508. The zero-order valence-corrected chi connectivity index (χ0v) is 3.63. The van der Waals surface area contributed by atoms with E-state index in [9.17, 15) is 13.2 Å². The maximum Gasteiger partial charge on any atom is 0.116 e. The molecule has 0 atom stereocenters. The predicted molar refractivity (Wildman–Crippen MR) is 21.1 cm³/mol. The molecule has 0 bridgehead atoms. The molecule has 0 aromatic carbocycles. The molecule has 0 unspecified atom stereocenters. The molecule has 0 fully saturated rings. The van der Waals surface area contributed by atoms with Crippen molar-refractivity contribution in [3.8, 4) is 0 Å². The molecular weight excluding hydrogens is 105 g/mol. The normalized spacial score (nSPS) is 8.43. The summed E-state index contributed by atoms with van der Waals surface area (Å²) in [7, 11) is 0. The first-order valence-electron chi connectivity index (χ1n) is 1.75. The lowest BCUT2D eigenvalue weighted by Crippen LogP contribution is -1.84. The molecule has 0 saturated carbocycles. The monoisotopic (exact) mass is 110 g/mol. The van der Waals surface area contributed by atoms with E-state index in [1.807, 2.05) is 0 Å². The largest absolute Gasteiger partial charge is 0.246 e. The van der Waals surface area contributed by atoms with Crippen LogP contribution in [0, 0.1) is 0 Å². The summed E-state index contributed by atoms with van der Waals surface area (Å²) in [5, 5.41) is 0. The Balaban J connectivity index is 3.38. The van der Waals surface area contributed by atoms with Gasteiger partial charge in [0, 0.05) is 5.57 Å². The molecule has 0 heterocycles. The lowest BCUT2D eigenvalue weighted by molar-refractivity contribution is 0.465. The topological polar surface area (TPSA) is 0 Å². The van der Waals surface area contributed by atoms with Crippen molar-refractivity contribution in [2.45, 2.75) is 0 Å². The maximum atomic E-state index is 11.1. The van der Waals surface area contributed by atoms with Gasteiger partial charge in [0.2, 0.25) is 0 Å². The molecule has 0 N–H and O–H groups in total. The minimum absolute atomic E-state index is 0.0556. The van der Waals surface area contributed by atoms with E-state index in [4.69, 9.17) is 0 Å². The first-order valence-corrected chi connectivity index (χ1v) is 1.75. The molecule has 0 aromatic rings. The van der Waals surface area contributed by atoms with Gasteiger partial charge in [-0.15, -0.1) is 0 Å². The van der Waals surface area contributed by atoms with Gasteiger partial charge in [0.05, 0.1) is 6.33 Å². The lowest BCUT2D eigenvalue weighted by Gasteiger charge is -1.85. The highest BCUT2D eigenvalue weighted by Crippen LogP contribution is 1.95. The van der Waals surface area contributed by atoms with Crippen LogP contribution in [0.5, 0.6) is 0 Å². The summed E-state index contributed by atoms with van der Waals surface area (Å²) in [6.07, 6.45) is -0.0556. The molecule has 0 rings (SSSR count). The molecule has 7 heavy (non-hydrogen) atoms. The fourth-order valence-corrected chi connectivity index (χ4v) is 0.0940. The van der Waals surface area contributed by atoms with Crippen molar-refractivity contribution >= 4 is 0 Å². The molecule has 0 aromatic heterocycles. The second kappa shape index (κ2) is 3.71. The van der Waals surface area contributed by atoms with Crippen LogP contribution in [0.1, 0.15) is 0 Å². The summed E-state index contributed by atoms with van der Waals surface area (Å²) in [5.41, 5.74) is -0.444. The van der Waals surface area contributed by atoms with Crippen LogP contribution in [0.15, 0.2) is 11.9 Å². The van der Waals surface area contributed by atoms with Gasteiger partial charge in [0.25, 0.3) is 0 Å². The standard InChI is InChI=1S/C4H5F3/c5-1-4(2-6)3-7/h1H,2-3H2. The average Bonchev–Trinajstić information content (AvgIpc) is 1.72. The molecule has 42 valence electrons. The van der Waals surface area contributed by atoms with Gasteiger partial charge in [-0.2, -0.15) is 0 Å². The van der Waals surface area contributed by atoms with Crippen LogP contribution < -0.4 is 0 Å². The van der Waals surface area contributed by atoms with Crippen molar-refractivity contribution in [2.75, 3.05) is 13.3 Å². The van der Waals surface area contributed by atoms with Crippen LogP contribution in [0.2, 0.25) is 0 Å². The molecule has 0 aliphatic heterocycles. The Hall–Kier alpha value is -0.470. The second-order valence-corrected chi connectivity index (χ2v) is 1.03. The van der Waals surface area contributed by atoms with Crippen molar-refractivity contribution in [1.29, 1.82) is 0 Å². The van der Waals surface area contributed by atoms with Crippen molar-refractivity contribution in [3.63, 3.8) is 0 Å². The van der Waals surface area contributed by atoms with Crippen molar-refractivity contribution in [1.82, 2.24) is 0 Å². The van der Waals surface area contributed by atoms with E-state index < -0.39 is 18.9 Å². The van der Waals surface area contributed by atoms with E-state index in [-0.39, 0.29) is 6.33 Å². The van der Waals surface area contributed by atoms with Gasteiger partial charge in [0.1, 0.15) is 13.3 Å². The van der Waals surface area contributed by atoms with Gasteiger partial charge in [-0.25, -0.2) is 13.2 Å². The number of hydrogen-bond acceptors (Lipinski definition) is 0. The molecule has 3 heteroatoms. The summed E-state index contributed by atoms with van der Waals surface area (Å²) < 4.78 is 33.2. The minimum atomic E-state index is -1.03. The van der Waals surface area contributed by atoms with E-state index >= 15 is 0 Å². The first kappa shape index (κ1) is 6.53. The molecule has 0 spiro atoms. The van der Waals surface area contributed by atoms with Crippen LogP contribution in [-0.2, 0) is 0 Å². The van der Waals surface area contributed by atoms with Crippen LogP contribution in [-0.4, -0.2) is 13.3 Å². The van der Waals surface area contributed by atoms with Gasteiger partial charge < -0.3 is 0 Å². The molecule has 0 radical (unpaired) electrons. The van der Waals surface area contributed by atoms with Gasteiger partial charge in [-0.1, -0.05) is 0 Å². The summed E-state index contributed by atoms with van der Waals surface area (Å²) >= 11 is 0. The Morgan fingerprint density at radius 2 is 1.71 bits per heavy atom. The zero-order chi connectivity index (χ0) is 5.70. The van der Waals surface area contributed by atoms with Gasteiger partial charge in [-0.05, 0) is 0 Å². The predicted octanol–water partition coefficient (Wildman–Crippen LogP) is 1.78. The Bertz CT molecular complexity index is 61.3. The zero-order valence-electron chi connectivity index (χ0n) is 3.63. The Kier molecular flexibility index (Phi) is 3.46. The van der Waals surface area contributed by atoms with Crippen LogP contribution in [0.4, 0.5) is 13.2 Å². The smallest absolute Gasteiger partial charge is 0.116 e. The maximum absolute atomic E-state index is 11.1. The summed E-state index contributed by atoms with van der Waals surface area (Å²) in [5.74, 6) is 0. The Morgan fingerprint density at radius 3 is 1.71 bits per heavy atom. The second-order valence-electron chi connectivity index (χ2n) is 1.03. The highest BCUT2D eigenvalue weighted by Gasteiger charge is 1.91. The third-order valence-corrected chi connectivity index (χ3v) is 0.498. The number of alkyl halides is 2. The number of rotatable bonds is 2. The van der Waals surface area contributed by atoms with E-state index in [1.165, 1.54) is 0 Å². The summed E-state index contributed by atoms with van der Waals surface area (Å²) in [6.45, 7) is -2.07. The van der Waals surface area contributed by atoms with Crippen molar-refractivity contribution in [3.05, 3.63) is 11.9 Å². The third-order valence-electron chi connectivity index (χ3n) is 0.498. The highest BCUT2D eigenvalue weighted by atomic mass is 19.1. The lowest BCUT2D eigenvalue weighted by atomic mass is 10.4. The number of allylic oxidation sites excluding steroid dienone is 1. The van der Waals surface area contributed by atoms with Crippen LogP contribution in [0.25, 0.3) is 0 Å². The van der Waals surface area contributed by atoms with Gasteiger partial charge in [-0.3, -0.25) is 0 Å². The molecular formula is C4H5F3. The fourth-order valence-electron chi connectivity index (χ4n) is 0.0940. The van der Waals surface area contributed by atoms with E-state index in [1.54, 1.807) is 0 Å². The average molecular weight is 110 g/mol. The minimum Gasteiger partial charge on any atom is -0.246 e. The molecule has 0 aliphatic carbocycles.